The predicted molar refractivity (Wildman–Crippen MR) is 69.8 cm³/mol. The molecule has 2 rings (SSSR count). The Hall–Kier alpha value is -1.02. The maximum atomic E-state index is 3.18. The highest BCUT2D eigenvalue weighted by atomic mass is 15.1. The van der Waals surface area contributed by atoms with E-state index in [1.807, 2.05) is 7.05 Å². The average Bonchev–Trinajstić information content (AvgIpc) is 2.30. The lowest BCUT2D eigenvalue weighted by Gasteiger charge is -2.32. The van der Waals surface area contributed by atoms with Crippen molar-refractivity contribution < 1.29 is 0 Å². The first-order valence-corrected chi connectivity index (χ1v) is 6.28. The highest BCUT2D eigenvalue weighted by Crippen LogP contribution is 2.23. The van der Waals surface area contributed by atoms with Crippen LogP contribution in [-0.2, 0) is 6.54 Å². The van der Waals surface area contributed by atoms with Crippen LogP contribution in [0.3, 0.4) is 0 Å². The fraction of sp³-hybridized carbons (Fsp3) is 0.571. The Morgan fingerprint density at radius 3 is 2.69 bits per heavy atom. The molecule has 1 aliphatic rings. The molecule has 0 amide bonds. The smallest absolute Gasteiger partial charge is 0.0366 e. The van der Waals surface area contributed by atoms with Crippen LogP contribution in [0.2, 0.25) is 0 Å². The predicted octanol–water partition coefficient (Wildman–Crippen LogP) is 2.64. The number of piperidine rings is 1. The van der Waals surface area contributed by atoms with Gasteiger partial charge in [-0.25, -0.2) is 0 Å². The normalized spacial score (nSPS) is 21.1. The minimum Gasteiger partial charge on any atom is -0.371 e. The lowest BCUT2D eigenvalue weighted by Crippen LogP contribution is -2.34. The molecule has 0 bridgehead atoms. The molecule has 2 nitrogen and oxygen atoms in total. The number of hydrogen-bond acceptors (Lipinski definition) is 2. The molecule has 88 valence electrons. The minimum atomic E-state index is 0.839. The Morgan fingerprint density at radius 1 is 1.31 bits per heavy atom. The van der Waals surface area contributed by atoms with Crippen molar-refractivity contribution >= 4 is 5.69 Å². The van der Waals surface area contributed by atoms with Gasteiger partial charge < -0.3 is 10.2 Å². The minimum absolute atomic E-state index is 0.839. The van der Waals surface area contributed by atoms with E-state index in [1.165, 1.54) is 37.2 Å². The highest BCUT2D eigenvalue weighted by Gasteiger charge is 2.16. The van der Waals surface area contributed by atoms with Crippen LogP contribution >= 0.6 is 0 Å². The Labute approximate surface area is 98.7 Å². The number of nitrogens with zero attached hydrogens (tertiary/aromatic N) is 1. The molecule has 0 unspecified atom stereocenters. The fourth-order valence-electron chi connectivity index (χ4n) is 2.45. The summed E-state index contributed by atoms with van der Waals surface area (Å²) in [6.07, 6.45) is 2.72. The molecule has 0 aliphatic carbocycles. The Balaban J connectivity index is 2.03. The summed E-state index contributed by atoms with van der Waals surface area (Å²) in [5.41, 5.74) is 2.74. The maximum Gasteiger partial charge on any atom is 0.0366 e. The third-order valence-electron chi connectivity index (χ3n) is 3.34. The zero-order chi connectivity index (χ0) is 11.4. The maximum absolute atomic E-state index is 3.18. The van der Waals surface area contributed by atoms with Gasteiger partial charge in [-0.3, -0.25) is 0 Å². The van der Waals surface area contributed by atoms with Crippen LogP contribution in [0.25, 0.3) is 0 Å². The molecule has 1 aromatic rings. The molecule has 0 spiro atoms. The van der Waals surface area contributed by atoms with Crippen LogP contribution in [0.1, 0.15) is 25.3 Å². The Bertz CT molecular complexity index is 318. The molecule has 2 heteroatoms. The first-order valence-electron chi connectivity index (χ1n) is 6.28. The third-order valence-corrected chi connectivity index (χ3v) is 3.34. The molecule has 1 fully saturated rings. The first kappa shape index (κ1) is 11.5. The SMILES string of the molecule is CNCc1ccc(N2CCC[C@@H](C)C2)cc1. The van der Waals surface area contributed by atoms with Crippen LogP contribution in [0.5, 0.6) is 0 Å². The Morgan fingerprint density at radius 2 is 2.06 bits per heavy atom. The molecule has 1 saturated heterocycles. The van der Waals surface area contributed by atoms with Gasteiger partial charge in [0.2, 0.25) is 0 Å². The van der Waals surface area contributed by atoms with Crippen molar-refractivity contribution in [2.75, 3.05) is 25.0 Å². The van der Waals surface area contributed by atoms with Crippen molar-refractivity contribution in [1.82, 2.24) is 5.32 Å². The second-order valence-corrected chi connectivity index (χ2v) is 4.89. The van der Waals surface area contributed by atoms with Gasteiger partial charge in [-0.05, 0) is 43.5 Å². The van der Waals surface area contributed by atoms with E-state index in [0.29, 0.717) is 0 Å². The summed E-state index contributed by atoms with van der Waals surface area (Å²) in [5.74, 6) is 0.839. The summed E-state index contributed by atoms with van der Waals surface area (Å²) in [6.45, 7) is 5.74. The van der Waals surface area contributed by atoms with Gasteiger partial charge in [0.1, 0.15) is 0 Å². The zero-order valence-corrected chi connectivity index (χ0v) is 10.4. The van der Waals surface area contributed by atoms with Gasteiger partial charge in [-0.1, -0.05) is 19.1 Å². The Kier molecular flexibility index (Phi) is 3.83. The lowest BCUT2D eigenvalue weighted by molar-refractivity contribution is 0.447. The van der Waals surface area contributed by atoms with E-state index in [2.05, 4.69) is 41.4 Å². The fourth-order valence-corrected chi connectivity index (χ4v) is 2.45. The van der Waals surface area contributed by atoms with Gasteiger partial charge in [0.05, 0.1) is 0 Å². The van der Waals surface area contributed by atoms with Gasteiger partial charge in [-0.15, -0.1) is 0 Å². The van der Waals surface area contributed by atoms with Gasteiger partial charge in [0.15, 0.2) is 0 Å². The van der Waals surface area contributed by atoms with Crippen molar-refractivity contribution in [1.29, 1.82) is 0 Å². The molecular formula is C14H22N2. The lowest BCUT2D eigenvalue weighted by atomic mass is 9.99. The van der Waals surface area contributed by atoms with E-state index in [-0.39, 0.29) is 0 Å². The molecule has 16 heavy (non-hydrogen) atoms. The van der Waals surface area contributed by atoms with Crippen molar-refractivity contribution in [2.24, 2.45) is 5.92 Å². The molecule has 1 aromatic carbocycles. The third kappa shape index (κ3) is 2.76. The monoisotopic (exact) mass is 218 g/mol. The van der Waals surface area contributed by atoms with Crippen LogP contribution in [0, 0.1) is 5.92 Å². The first-order chi connectivity index (χ1) is 7.79. The van der Waals surface area contributed by atoms with Gasteiger partial charge in [0, 0.05) is 25.3 Å². The van der Waals surface area contributed by atoms with Crippen LogP contribution in [0.4, 0.5) is 5.69 Å². The summed E-state index contributed by atoms with van der Waals surface area (Å²) in [5, 5.41) is 3.18. The van der Waals surface area contributed by atoms with Crippen LogP contribution in [-0.4, -0.2) is 20.1 Å². The second kappa shape index (κ2) is 5.35. The summed E-state index contributed by atoms with van der Waals surface area (Å²) in [4.78, 5) is 2.51. The van der Waals surface area contributed by atoms with E-state index in [1.54, 1.807) is 0 Å². The zero-order valence-electron chi connectivity index (χ0n) is 10.4. The molecule has 1 heterocycles. The number of anilines is 1. The van der Waals surface area contributed by atoms with Crippen molar-refractivity contribution in [3.05, 3.63) is 29.8 Å². The van der Waals surface area contributed by atoms with E-state index in [0.717, 1.165) is 12.5 Å². The van der Waals surface area contributed by atoms with E-state index in [4.69, 9.17) is 0 Å². The largest absolute Gasteiger partial charge is 0.371 e. The highest BCUT2D eigenvalue weighted by molar-refractivity contribution is 5.48. The summed E-state index contributed by atoms with van der Waals surface area (Å²) < 4.78 is 0. The van der Waals surface area contributed by atoms with E-state index < -0.39 is 0 Å². The topological polar surface area (TPSA) is 15.3 Å². The van der Waals surface area contributed by atoms with E-state index >= 15 is 0 Å². The summed E-state index contributed by atoms with van der Waals surface area (Å²) in [6, 6.07) is 8.96. The summed E-state index contributed by atoms with van der Waals surface area (Å²) >= 11 is 0. The van der Waals surface area contributed by atoms with Gasteiger partial charge >= 0.3 is 0 Å². The quantitative estimate of drug-likeness (QED) is 0.839. The van der Waals surface area contributed by atoms with Crippen molar-refractivity contribution in [3.63, 3.8) is 0 Å². The summed E-state index contributed by atoms with van der Waals surface area (Å²) in [7, 11) is 1.99. The van der Waals surface area contributed by atoms with Crippen LogP contribution < -0.4 is 10.2 Å². The van der Waals surface area contributed by atoms with E-state index in [9.17, 15) is 0 Å². The second-order valence-electron chi connectivity index (χ2n) is 4.89. The van der Waals surface area contributed by atoms with Crippen LogP contribution in [0.15, 0.2) is 24.3 Å². The van der Waals surface area contributed by atoms with Crippen molar-refractivity contribution in [2.45, 2.75) is 26.3 Å². The number of hydrogen-bond donors (Lipinski definition) is 1. The number of rotatable bonds is 3. The number of nitrogens with one attached hydrogen (secondary N) is 1. The molecule has 0 radical (unpaired) electrons. The molecule has 0 saturated carbocycles. The van der Waals surface area contributed by atoms with Crippen molar-refractivity contribution in [3.8, 4) is 0 Å². The molecule has 1 aliphatic heterocycles. The molecule has 1 atom stereocenters. The van der Waals surface area contributed by atoms with Gasteiger partial charge in [-0.2, -0.15) is 0 Å². The molecule has 0 aromatic heterocycles. The van der Waals surface area contributed by atoms with Gasteiger partial charge in [0.25, 0.3) is 0 Å². The standard InChI is InChI=1S/C14H22N2/c1-12-4-3-9-16(11-12)14-7-5-13(6-8-14)10-15-2/h5-8,12,15H,3-4,9-11H2,1-2H3/t12-/m1/s1. The molecule has 1 N–H and O–H groups in total. The molecular weight excluding hydrogens is 196 g/mol. The number of benzene rings is 1. The average molecular weight is 218 g/mol.